The van der Waals surface area contributed by atoms with E-state index < -0.39 is 5.97 Å². The molecule has 212 valence electrons. The summed E-state index contributed by atoms with van der Waals surface area (Å²) in [6.45, 7) is 5.93. The Kier molecular flexibility index (Phi) is 8.18. The van der Waals surface area contributed by atoms with Gasteiger partial charge in [-0.05, 0) is 109 Å². The summed E-state index contributed by atoms with van der Waals surface area (Å²) in [5, 5.41) is 9.42. The molecule has 3 aromatic rings. The molecule has 2 fully saturated rings. The van der Waals surface area contributed by atoms with E-state index in [1.54, 1.807) is 19.2 Å². The molecule has 0 bridgehead atoms. The third-order valence-corrected chi connectivity index (χ3v) is 8.66. The highest BCUT2D eigenvalue weighted by Gasteiger charge is 2.38. The van der Waals surface area contributed by atoms with Crippen molar-refractivity contribution < 1.29 is 23.8 Å². The van der Waals surface area contributed by atoms with Gasteiger partial charge in [0.25, 0.3) is 0 Å². The van der Waals surface area contributed by atoms with Crippen LogP contribution < -0.4 is 9.47 Å². The van der Waals surface area contributed by atoms with Crippen molar-refractivity contribution in [2.75, 3.05) is 20.7 Å². The number of likely N-dealkylation sites (tertiary alicyclic amines) is 1. The van der Waals surface area contributed by atoms with Gasteiger partial charge in [-0.2, -0.15) is 0 Å². The molecule has 6 heteroatoms. The number of carbonyl (C=O) groups is 1. The molecule has 1 aliphatic heterocycles. The molecule has 5 nitrogen and oxygen atoms in total. The number of nitrogens with zero attached hydrogens (tertiary/aromatic N) is 1. The van der Waals surface area contributed by atoms with Gasteiger partial charge in [-0.1, -0.05) is 44.2 Å². The molecule has 3 aromatic carbocycles. The van der Waals surface area contributed by atoms with Crippen molar-refractivity contribution in [3.63, 3.8) is 0 Å². The quantitative estimate of drug-likeness (QED) is 0.281. The maximum absolute atomic E-state index is 15.2. The van der Waals surface area contributed by atoms with Crippen LogP contribution in [0.1, 0.15) is 74.6 Å². The van der Waals surface area contributed by atoms with Crippen molar-refractivity contribution in [1.29, 1.82) is 0 Å². The Balaban J connectivity index is 1.47. The lowest BCUT2D eigenvalue weighted by Gasteiger charge is -2.46. The summed E-state index contributed by atoms with van der Waals surface area (Å²) in [6.07, 6.45) is 4.53. The molecule has 0 radical (unpaired) electrons. The minimum atomic E-state index is -0.765. The zero-order valence-electron chi connectivity index (χ0n) is 24.0. The van der Waals surface area contributed by atoms with E-state index in [1.165, 1.54) is 6.07 Å². The van der Waals surface area contributed by atoms with Gasteiger partial charge in [0, 0.05) is 11.6 Å². The summed E-state index contributed by atoms with van der Waals surface area (Å²) in [6, 6.07) is 19.1. The van der Waals surface area contributed by atoms with Gasteiger partial charge in [0.15, 0.2) is 0 Å². The second-order valence-corrected chi connectivity index (χ2v) is 12.1. The fraction of sp³-hybridized carbons (Fsp3) is 0.441. The number of aliphatic carboxylic acids is 1. The first kappa shape index (κ1) is 28.2. The third kappa shape index (κ3) is 6.17. The van der Waals surface area contributed by atoms with Crippen molar-refractivity contribution in [3.8, 4) is 22.6 Å². The number of carboxylic acids is 1. The van der Waals surface area contributed by atoms with Crippen LogP contribution in [-0.2, 0) is 11.4 Å². The summed E-state index contributed by atoms with van der Waals surface area (Å²) in [4.78, 5) is 13.8. The third-order valence-electron chi connectivity index (χ3n) is 8.66. The van der Waals surface area contributed by atoms with Crippen LogP contribution in [0.4, 0.5) is 4.39 Å². The average molecular weight is 546 g/mol. The molecule has 0 amide bonds. The van der Waals surface area contributed by atoms with Gasteiger partial charge >= 0.3 is 5.97 Å². The van der Waals surface area contributed by atoms with Crippen molar-refractivity contribution in [1.82, 2.24) is 4.90 Å². The monoisotopic (exact) mass is 545 g/mol. The topological polar surface area (TPSA) is 59.0 Å². The Morgan fingerprint density at radius 1 is 1.07 bits per heavy atom. The van der Waals surface area contributed by atoms with Crippen molar-refractivity contribution in [2.24, 2.45) is 11.3 Å². The summed E-state index contributed by atoms with van der Waals surface area (Å²) in [5.41, 5.74) is 4.53. The number of methoxy groups -OCH3 is 1. The SMILES string of the molecule is COc1ccc(F)c(-c2ccc(COc3cccc([C@H](CC(=O)O)C4CC4)c3)cc2C2N(C)CCCC2(C)C)c1. The van der Waals surface area contributed by atoms with Crippen LogP contribution in [0, 0.1) is 17.2 Å². The highest BCUT2D eigenvalue weighted by molar-refractivity contribution is 5.71. The molecule has 1 saturated carbocycles. The molecule has 1 N–H and O–H groups in total. The van der Waals surface area contributed by atoms with Gasteiger partial charge in [-0.15, -0.1) is 0 Å². The number of hydrogen-bond donors (Lipinski definition) is 1. The van der Waals surface area contributed by atoms with Crippen molar-refractivity contribution in [2.45, 2.75) is 64.5 Å². The predicted molar refractivity (Wildman–Crippen MR) is 155 cm³/mol. The minimum Gasteiger partial charge on any atom is -0.497 e. The number of ether oxygens (including phenoxy) is 2. The van der Waals surface area contributed by atoms with Crippen LogP contribution in [0.15, 0.2) is 60.7 Å². The summed E-state index contributed by atoms with van der Waals surface area (Å²) < 4.78 is 26.9. The van der Waals surface area contributed by atoms with E-state index in [4.69, 9.17) is 9.47 Å². The fourth-order valence-electron chi connectivity index (χ4n) is 6.56. The Hall–Kier alpha value is -3.38. The minimum absolute atomic E-state index is 0.00681. The van der Waals surface area contributed by atoms with Crippen molar-refractivity contribution in [3.05, 3.63) is 83.2 Å². The van der Waals surface area contributed by atoms with Gasteiger partial charge in [0.05, 0.1) is 13.5 Å². The first-order valence-corrected chi connectivity index (χ1v) is 14.3. The molecule has 40 heavy (non-hydrogen) atoms. The molecular weight excluding hydrogens is 505 g/mol. The Morgan fingerprint density at radius 3 is 2.58 bits per heavy atom. The molecule has 1 unspecified atom stereocenters. The Bertz CT molecular complexity index is 1370. The van der Waals surface area contributed by atoms with Gasteiger partial charge in [0.2, 0.25) is 0 Å². The van der Waals surface area contributed by atoms with Crippen LogP contribution in [0.2, 0.25) is 0 Å². The van der Waals surface area contributed by atoms with E-state index in [-0.39, 0.29) is 29.6 Å². The smallest absolute Gasteiger partial charge is 0.303 e. The molecule has 1 heterocycles. The number of carboxylic acid groups (broad SMARTS) is 1. The standard InChI is InChI=1S/C34H40FNO4/c1-34(2)15-6-16-36(3)33(34)30-17-22(9-13-27(30)29-19-25(39-4)12-14-31(29)35)21-40-26-8-5-7-24(18-26)28(20-32(37)38)23-10-11-23/h5,7-9,12-14,17-19,23,28,33H,6,10-11,15-16,20-21H2,1-4H3,(H,37,38)/t28-,33?/m1/s1. The van der Waals surface area contributed by atoms with E-state index in [2.05, 4.69) is 31.9 Å². The molecule has 1 saturated heterocycles. The Labute approximate surface area is 236 Å². The molecule has 0 aromatic heterocycles. The second kappa shape index (κ2) is 11.6. The number of halogens is 1. The average Bonchev–Trinajstić information content (AvgIpc) is 3.76. The van der Waals surface area contributed by atoms with Crippen LogP contribution in [0.3, 0.4) is 0 Å². The summed E-state index contributed by atoms with van der Waals surface area (Å²) >= 11 is 0. The van der Waals surface area contributed by atoms with Crippen LogP contribution in [0.25, 0.3) is 11.1 Å². The van der Waals surface area contributed by atoms with Gasteiger partial charge in [0.1, 0.15) is 23.9 Å². The largest absolute Gasteiger partial charge is 0.497 e. The zero-order chi connectivity index (χ0) is 28.4. The summed E-state index contributed by atoms with van der Waals surface area (Å²) in [5.74, 6) is 0.777. The zero-order valence-corrected chi connectivity index (χ0v) is 24.0. The molecule has 0 spiro atoms. The van der Waals surface area contributed by atoms with E-state index in [0.717, 1.165) is 60.2 Å². The van der Waals surface area contributed by atoms with Gasteiger partial charge < -0.3 is 14.6 Å². The predicted octanol–water partition coefficient (Wildman–Crippen LogP) is 7.84. The molecule has 2 atom stereocenters. The fourth-order valence-corrected chi connectivity index (χ4v) is 6.56. The maximum atomic E-state index is 15.2. The first-order valence-electron chi connectivity index (χ1n) is 14.3. The van der Waals surface area contributed by atoms with Gasteiger partial charge in [-0.25, -0.2) is 4.39 Å². The number of benzene rings is 3. The lowest BCUT2D eigenvalue weighted by atomic mass is 9.72. The highest BCUT2D eigenvalue weighted by atomic mass is 19.1. The number of rotatable bonds is 10. The molecular formula is C34H40FNO4. The molecule has 1 aliphatic carbocycles. The molecule has 5 rings (SSSR count). The first-order chi connectivity index (χ1) is 19.2. The van der Waals surface area contributed by atoms with E-state index in [0.29, 0.717) is 23.8 Å². The van der Waals surface area contributed by atoms with E-state index in [1.807, 2.05) is 36.4 Å². The van der Waals surface area contributed by atoms with E-state index in [9.17, 15) is 9.90 Å². The van der Waals surface area contributed by atoms with Crippen LogP contribution >= 0.6 is 0 Å². The number of hydrogen-bond acceptors (Lipinski definition) is 4. The Morgan fingerprint density at radius 2 is 1.88 bits per heavy atom. The second-order valence-electron chi connectivity index (χ2n) is 12.1. The molecule has 2 aliphatic rings. The van der Waals surface area contributed by atoms with Gasteiger partial charge in [-0.3, -0.25) is 9.69 Å². The lowest BCUT2D eigenvalue weighted by molar-refractivity contribution is -0.137. The highest BCUT2D eigenvalue weighted by Crippen LogP contribution is 2.48. The normalized spacial score (nSPS) is 19.7. The number of piperidine rings is 1. The van der Waals surface area contributed by atoms with Crippen LogP contribution in [-0.4, -0.2) is 36.7 Å². The van der Waals surface area contributed by atoms with Crippen molar-refractivity contribution >= 4 is 5.97 Å². The van der Waals surface area contributed by atoms with E-state index >= 15 is 4.39 Å². The maximum Gasteiger partial charge on any atom is 0.303 e. The lowest BCUT2D eigenvalue weighted by Crippen LogP contribution is -2.41. The summed E-state index contributed by atoms with van der Waals surface area (Å²) in [7, 11) is 3.75. The van der Waals surface area contributed by atoms with Crippen LogP contribution in [0.5, 0.6) is 11.5 Å².